The van der Waals surface area contributed by atoms with Gasteiger partial charge in [0.25, 0.3) is 0 Å². The summed E-state index contributed by atoms with van der Waals surface area (Å²) in [4.78, 5) is 8.61. The number of thiocarbonyl (C=S) groups is 1. The third kappa shape index (κ3) is 4.07. The van der Waals surface area contributed by atoms with Crippen molar-refractivity contribution in [2.24, 2.45) is 0 Å². The molecule has 1 atom stereocenters. The fraction of sp³-hybridized carbons (Fsp3) is 0.400. The van der Waals surface area contributed by atoms with Crippen LogP contribution in [0.25, 0.3) is 0 Å². The number of rotatable bonds is 3. The van der Waals surface area contributed by atoms with Crippen LogP contribution in [0.1, 0.15) is 32.3 Å². The Hall–Kier alpha value is -2.34. The summed E-state index contributed by atoms with van der Waals surface area (Å²) in [5.41, 5.74) is 2.33. The number of aromatic nitrogens is 1. The molecule has 3 rings (SSSR count). The van der Waals surface area contributed by atoms with E-state index in [9.17, 15) is 5.11 Å². The fourth-order valence-corrected chi connectivity index (χ4v) is 3.62. The van der Waals surface area contributed by atoms with E-state index in [2.05, 4.69) is 65.1 Å². The van der Waals surface area contributed by atoms with Crippen LogP contribution in [0.2, 0.25) is 0 Å². The van der Waals surface area contributed by atoms with E-state index in [1.165, 1.54) is 5.56 Å². The first kappa shape index (κ1) is 18.5. The Balaban J connectivity index is 1.62. The van der Waals surface area contributed by atoms with Crippen LogP contribution in [0.15, 0.2) is 42.6 Å². The number of nitrogens with one attached hydrogen (secondary N) is 1. The van der Waals surface area contributed by atoms with Gasteiger partial charge in [0.2, 0.25) is 0 Å². The van der Waals surface area contributed by atoms with Gasteiger partial charge < -0.3 is 20.2 Å². The Bertz CT molecular complexity index is 763. The number of piperazine rings is 1. The molecule has 0 aliphatic carbocycles. The molecule has 26 heavy (non-hydrogen) atoms. The van der Waals surface area contributed by atoms with Gasteiger partial charge in [-0.2, -0.15) is 0 Å². The number of anilines is 2. The minimum Gasteiger partial charge on any atom is -0.504 e. The Morgan fingerprint density at radius 3 is 2.58 bits per heavy atom. The number of pyridine rings is 1. The van der Waals surface area contributed by atoms with Gasteiger partial charge in [0.15, 0.2) is 16.7 Å². The van der Waals surface area contributed by atoms with Gasteiger partial charge in [-0.3, -0.25) is 0 Å². The summed E-state index contributed by atoms with van der Waals surface area (Å²) in [6.07, 6.45) is 1.71. The summed E-state index contributed by atoms with van der Waals surface area (Å²) < 4.78 is 0. The number of benzene rings is 1. The van der Waals surface area contributed by atoms with Gasteiger partial charge in [0.05, 0.1) is 0 Å². The molecule has 1 fully saturated rings. The quantitative estimate of drug-likeness (QED) is 0.801. The van der Waals surface area contributed by atoms with E-state index in [1.807, 2.05) is 0 Å². The summed E-state index contributed by atoms with van der Waals surface area (Å²) in [5.74, 6) is 1.38. The van der Waals surface area contributed by atoms with Crippen molar-refractivity contribution in [2.45, 2.75) is 32.7 Å². The average Bonchev–Trinajstić information content (AvgIpc) is 2.62. The molecule has 0 bridgehead atoms. The zero-order valence-corrected chi connectivity index (χ0v) is 16.3. The van der Waals surface area contributed by atoms with Gasteiger partial charge in [0, 0.05) is 37.6 Å². The van der Waals surface area contributed by atoms with Crippen molar-refractivity contribution < 1.29 is 5.11 Å². The van der Waals surface area contributed by atoms with Crippen LogP contribution >= 0.6 is 12.2 Å². The highest BCUT2D eigenvalue weighted by atomic mass is 32.1. The largest absolute Gasteiger partial charge is 0.504 e. The van der Waals surface area contributed by atoms with Crippen molar-refractivity contribution in [3.63, 3.8) is 0 Å². The molecule has 1 aliphatic rings. The van der Waals surface area contributed by atoms with Crippen LogP contribution in [0.3, 0.4) is 0 Å². The smallest absolute Gasteiger partial charge is 0.173 e. The van der Waals surface area contributed by atoms with Crippen LogP contribution < -0.4 is 10.2 Å². The van der Waals surface area contributed by atoms with Crippen molar-refractivity contribution in [3.05, 3.63) is 48.2 Å². The SMILES string of the molecule is CC(C)c1ccc(NC(=S)N2CCN(c3ncccc3O)CC2C)cc1. The summed E-state index contributed by atoms with van der Waals surface area (Å²) in [6, 6.07) is 12.1. The molecular formula is C20H26N4OS. The lowest BCUT2D eigenvalue weighted by Gasteiger charge is -2.41. The number of aromatic hydroxyl groups is 1. The van der Waals surface area contributed by atoms with Gasteiger partial charge in [-0.15, -0.1) is 0 Å². The minimum absolute atomic E-state index is 0.221. The number of hydrogen-bond acceptors (Lipinski definition) is 4. The van der Waals surface area contributed by atoms with Gasteiger partial charge in [0.1, 0.15) is 0 Å². The monoisotopic (exact) mass is 370 g/mol. The fourth-order valence-electron chi connectivity index (χ4n) is 3.23. The van der Waals surface area contributed by atoms with Gasteiger partial charge in [-0.05, 0) is 54.9 Å². The lowest BCUT2D eigenvalue weighted by molar-refractivity contribution is 0.300. The highest BCUT2D eigenvalue weighted by molar-refractivity contribution is 7.80. The molecule has 1 aromatic carbocycles. The van der Waals surface area contributed by atoms with Gasteiger partial charge in [-0.1, -0.05) is 26.0 Å². The molecular weight excluding hydrogens is 344 g/mol. The molecule has 2 N–H and O–H groups in total. The standard InChI is InChI=1S/C20H26N4OS/c1-14(2)16-6-8-17(9-7-16)22-20(26)24-12-11-23(13-15(24)3)19-18(25)5-4-10-21-19/h4-10,14-15,25H,11-13H2,1-3H3,(H,22,26). The van der Waals surface area contributed by atoms with Crippen molar-refractivity contribution in [1.82, 2.24) is 9.88 Å². The Morgan fingerprint density at radius 2 is 1.96 bits per heavy atom. The van der Waals surface area contributed by atoms with E-state index < -0.39 is 0 Å². The molecule has 0 spiro atoms. The molecule has 6 heteroatoms. The molecule has 0 amide bonds. The zero-order valence-electron chi connectivity index (χ0n) is 15.5. The van der Waals surface area contributed by atoms with Gasteiger partial charge >= 0.3 is 0 Å². The molecule has 1 unspecified atom stereocenters. The van der Waals surface area contributed by atoms with Crippen LogP contribution in [-0.4, -0.2) is 45.8 Å². The Labute approximate surface area is 160 Å². The third-order valence-electron chi connectivity index (χ3n) is 4.78. The molecule has 138 valence electrons. The lowest BCUT2D eigenvalue weighted by atomic mass is 10.0. The van der Waals surface area contributed by atoms with E-state index in [1.54, 1.807) is 18.3 Å². The van der Waals surface area contributed by atoms with Crippen molar-refractivity contribution in [2.75, 3.05) is 29.9 Å². The third-order valence-corrected chi connectivity index (χ3v) is 5.12. The summed E-state index contributed by atoms with van der Waals surface area (Å²) in [6.45, 7) is 8.83. The van der Waals surface area contributed by atoms with Crippen LogP contribution in [0.4, 0.5) is 11.5 Å². The predicted molar refractivity (Wildman–Crippen MR) is 111 cm³/mol. The Kier molecular flexibility index (Phi) is 5.61. The second-order valence-corrected chi connectivity index (χ2v) is 7.43. The van der Waals surface area contributed by atoms with Crippen molar-refractivity contribution in [1.29, 1.82) is 0 Å². The van der Waals surface area contributed by atoms with E-state index in [0.29, 0.717) is 11.7 Å². The number of hydrogen-bond donors (Lipinski definition) is 2. The molecule has 2 heterocycles. The first-order chi connectivity index (χ1) is 12.5. The van der Waals surface area contributed by atoms with Gasteiger partial charge in [-0.25, -0.2) is 4.98 Å². The molecule has 5 nitrogen and oxygen atoms in total. The molecule has 1 saturated heterocycles. The molecule has 0 radical (unpaired) electrons. The second-order valence-electron chi connectivity index (χ2n) is 7.04. The van der Waals surface area contributed by atoms with Crippen LogP contribution in [0.5, 0.6) is 5.75 Å². The lowest BCUT2D eigenvalue weighted by Crippen LogP contribution is -2.55. The predicted octanol–water partition coefficient (Wildman–Crippen LogP) is 3.82. The normalized spacial score (nSPS) is 17.5. The minimum atomic E-state index is 0.221. The summed E-state index contributed by atoms with van der Waals surface area (Å²) in [5, 5.41) is 14.1. The Morgan fingerprint density at radius 1 is 1.23 bits per heavy atom. The van der Waals surface area contributed by atoms with Crippen molar-refractivity contribution >= 4 is 28.8 Å². The van der Waals surface area contributed by atoms with Crippen molar-refractivity contribution in [3.8, 4) is 5.75 Å². The summed E-state index contributed by atoms with van der Waals surface area (Å²) in [7, 11) is 0. The molecule has 1 aromatic heterocycles. The van der Waals surface area contributed by atoms with E-state index >= 15 is 0 Å². The van der Waals surface area contributed by atoms with E-state index in [-0.39, 0.29) is 11.8 Å². The molecule has 0 saturated carbocycles. The average molecular weight is 371 g/mol. The maximum absolute atomic E-state index is 10.0. The van der Waals surface area contributed by atoms with Crippen LogP contribution in [-0.2, 0) is 0 Å². The molecule has 2 aromatic rings. The number of nitrogens with zero attached hydrogens (tertiary/aromatic N) is 3. The van der Waals surface area contributed by atoms with E-state index in [4.69, 9.17) is 12.2 Å². The first-order valence-electron chi connectivity index (χ1n) is 9.02. The second kappa shape index (κ2) is 7.91. The van der Waals surface area contributed by atoms with Crippen LogP contribution in [0, 0.1) is 0 Å². The highest BCUT2D eigenvalue weighted by Crippen LogP contribution is 2.26. The molecule has 1 aliphatic heterocycles. The summed E-state index contributed by atoms with van der Waals surface area (Å²) >= 11 is 5.63. The first-order valence-corrected chi connectivity index (χ1v) is 9.43. The maximum atomic E-state index is 10.0. The van der Waals surface area contributed by atoms with E-state index in [0.717, 1.165) is 30.4 Å². The topological polar surface area (TPSA) is 51.6 Å². The maximum Gasteiger partial charge on any atom is 0.173 e. The highest BCUT2D eigenvalue weighted by Gasteiger charge is 2.27. The zero-order chi connectivity index (χ0) is 18.7.